The second-order valence-electron chi connectivity index (χ2n) is 9.04. The fraction of sp³-hybridized carbons (Fsp3) is 0.346. The SMILES string of the molecule is C=CCN1C(=O)[C@]2(c3ccccc31)[C@](COC)(C(=O)OC)CN(C)[C@]21C(=O)Nc2ccccc21. The van der Waals surface area contributed by atoms with E-state index in [-0.39, 0.29) is 31.5 Å². The highest BCUT2D eigenvalue weighted by Crippen LogP contribution is 2.69. The highest BCUT2D eigenvalue weighted by Gasteiger charge is 2.84. The molecule has 0 bridgehead atoms. The molecule has 8 nitrogen and oxygen atoms in total. The molecule has 2 aromatic rings. The van der Waals surface area contributed by atoms with E-state index in [2.05, 4.69) is 11.9 Å². The first kappa shape index (κ1) is 22.3. The van der Waals surface area contributed by atoms with Crippen LogP contribution in [0.2, 0.25) is 0 Å². The van der Waals surface area contributed by atoms with Crippen molar-refractivity contribution in [1.82, 2.24) is 4.90 Å². The number of likely N-dealkylation sites (N-methyl/N-ethyl adjacent to an activating group) is 1. The van der Waals surface area contributed by atoms with E-state index in [4.69, 9.17) is 9.47 Å². The van der Waals surface area contributed by atoms with Crippen molar-refractivity contribution in [1.29, 1.82) is 0 Å². The molecular weight excluding hydrogens is 434 g/mol. The molecule has 0 aliphatic carbocycles. The summed E-state index contributed by atoms with van der Waals surface area (Å²) in [6.07, 6.45) is 1.64. The van der Waals surface area contributed by atoms with Crippen molar-refractivity contribution in [3.05, 3.63) is 72.3 Å². The van der Waals surface area contributed by atoms with Gasteiger partial charge in [-0.15, -0.1) is 6.58 Å². The van der Waals surface area contributed by atoms with Crippen LogP contribution >= 0.6 is 0 Å². The largest absolute Gasteiger partial charge is 0.468 e. The summed E-state index contributed by atoms with van der Waals surface area (Å²) < 4.78 is 11.0. The number of hydrogen-bond acceptors (Lipinski definition) is 6. The number of fused-ring (bicyclic) bond motifs is 5. The Bertz CT molecular complexity index is 1230. The van der Waals surface area contributed by atoms with E-state index >= 15 is 0 Å². The lowest BCUT2D eigenvalue weighted by molar-refractivity contribution is -0.165. The minimum Gasteiger partial charge on any atom is -0.468 e. The van der Waals surface area contributed by atoms with Crippen molar-refractivity contribution in [3.8, 4) is 0 Å². The molecular formula is C26H27N3O5. The maximum Gasteiger partial charge on any atom is 0.317 e. The predicted molar refractivity (Wildman–Crippen MR) is 126 cm³/mol. The number of carbonyl (C=O) groups is 3. The number of likely N-dealkylation sites (tertiary alicyclic amines) is 1. The number of benzene rings is 2. The van der Waals surface area contributed by atoms with Crippen LogP contribution in [0.4, 0.5) is 11.4 Å². The van der Waals surface area contributed by atoms with Gasteiger partial charge in [0.05, 0.1) is 13.7 Å². The maximum atomic E-state index is 14.8. The molecule has 2 aromatic carbocycles. The van der Waals surface area contributed by atoms with Gasteiger partial charge in [0.1, 0.15) is 16.4 Å². The first-order valence-electron chi connectivity index (χ1n) is 11.1. The van der Waals surface area contributed by atoms with Crippen LogP contribution in [-0.4, -0.2) is 63.6 Å². The number of nitrogens with one attached hydrogen (secondary N) is 1. The van der Waals surface area contributed by atoms with E-state index in [1.165, 1.54) is 14.2 Å². The van der Waals surface area contributed by atoms with Crippen molar-refractivity contribution >= 4 is 29.2 Å². The van der Waals surface area contributed by atoms with E-state index < -0.39 is 22.3 Å². The Morgan fingerprint density at radius 3 is 2.47 bits per heavy atom. The predicted octanol–water partition coefficient (Wildman–Crippen LogP) is 2.06. The summed E-state index contributed by atoms with van der Waals surface area (Å²) in [5, 5.41) is 2.98. The molecule has 0 saturated carbocycles. The quantitative estimate of drug-likeness (QED) is 0.542. The second kappa shape index (κ2) is 7.51. The number of rotatable bonds is 5. The standard InChI is InChI=1S/C26H27N3O5/c1-5-14-29-20-13-9-7-11-18(20)25(22(29)31)24(16-33-3,23(32)34-4)15-28(2)26(25)17-10-6-8-12-19(17)27-21(26)30/h5-13H,1,14-16H2,2-4H3,(H,27,30)/t24-,25-,26-/m1/s1. The zero-order valence-electron chi connectivity index (χ0n) is 19.5. The number of esters is 1. The Morgan fingerprint density at radius 2 is 1.79 bits per heavy atom. The summed E-state index contributed by atoms with van der Waals surface area (Å²) in [6.45, 7) is 4.03. The molecule has 1 saturated heterocycles. The lowest BCUT2D eigenvalue weighted by Gasteiger charge is -2.46. The zero-order chi connectivity index (χ0) is 24.3. The third kappa shape index (κ3) is 2.22. The molecule has 8 heteroatoms. The molecule has 5 rings (SSSR count). The van der Waals surface area contributed by atoms with Gasteiger partial charge in [0.2, 0.25) is 5.91 Å². The number of nitrogens with zero attached hydrogens (tertiary/aromatic N) is 2. The molecule has 34 heavy (non-hydrogen) atoms. The highest BCUT2D eigenvalue weighted by atomic mass is 16.5. The Kier molecular flexibility index (Phi) is 4.93. The van der Waals surface area contributed by atoms with Crippen molar-refractivity contribution in [2.45, 2.75) is 11.0 Å². The van der Waals surface area contributed by atoms with Crippen LogP contribution in [0.25, 0.3) is 0 Å². The summed E-state index contributed by atoms with van der Waals surface area (Å²) in [5.74, 6) is -1.31. The molecule has 2 amide bonds. The average molecular weight is 462 g/mol. The number of ether oxygens (including phenoxy) is 2. The lowest BCUT2D eigenvalue weighted by atomic mass is 9.53. The molecule has 0 radical (unpaired) electrons. The number of hydrogen-bond donors (Lipinski definition) is 1. The minimum atomic E-state index is -1.64. The smallest absolute Gasteiger partial charge is 0.317 e. The number of methoxy groups -OCH3 is 2. The molecule has 2 spiro atoms. The van der Waals surface area contributed by atoms with Crippen LogP contribution in [0.5, 0.6) is 0 Å². The van der Waals surface area contributed by atoms with E-state index in [9.17, 15) is 14.4 Å². The third-order valence-corrected chi connectivity index (χ3v) is 7.68. The van der Waals surface area contributed by atoms with Crippen molar-refractivity contribution in [2.75, 3.05) is 51.2 Å². The maximum absolute atomic E-state index is 14.8. The van der Waals surface area contributed by atoms with Gasteiger partial charge in [-0.1, -0.05) is 42.5 Å². The molecule has 0 aromatic heterocycles. The van der Waals surface area contributed by atoms with Crippen LogP contribution in [0, 0.1) is 5.41 Å². The van der Waals surface area contributed by atoms with Gasteiger partial charge >= 0.3 is 5.97 Å². The van der Waals surface area contributed by atoms with Gasteiger partial charge in [0.15, 0.2) is 0 Å². The molecule has 176 valence electrons. The molecule has 1 N–H and O–H groups in total. The third-order valence-electron chi connectivity index (χ3n) is 7.68. The fourth-order valence-electron chi connectivity index (χ4n) is 6.72. The first-order valence-corrected chi connectivity index (χ1v) is 11.1. The molecule has 3 heterocycles. The Hall–Kier alpha value is -3.49. The Labute approximate surface area is 198 Å². The molecule has 0 unspecified atom stereocenters. The van der Waals surface area contributed by atoms with Gasteiger partial charge in [-0.25, -0.2) is 0 Å². The summed E-state index contributed by atoms with van der Waals surface area (Å²) in [5.41, 5.74) is -2.14. The van der Waals surface area contributed by atoms with Crippen LogP contribution in [0.1, 0.15) is 11.1 Å². The van der Waals surface area contributed by atoms with Gasteiger partial charge in [-0.2, -0.15) is 0 Å². The second-order valence-corrected chi connectivity index (χ2v) is 9.04. The van der Waals surface area contributed by atoms with Crippen molar-refractivity contribution < 1.29 is 23.9 Å². The summed E-state index contributed by atoms with van der Waals surface area (Å²) >= 11 is 0. The summed E-state index contributed by atoms with van der Waals surface area (Å²) in [7, 11) is 4.56. The number of carbonyl (C=O) groups excluding carboxylic acids is 3. The van der Waals surface area contributed by atoms with Crippen LogP contribution < -0.4 is 10.2 Å². The minimum absolute atomic E-state index is 0.0806. The van der Waals surface area contributed by atoms with Crippen LogP contribution in [0.15, 0.2) is 61.2 Å². The van der Waals surface area contributed by atoms with E-state index in [0.29, 0.717) is 22.5 Å². The van der Waals surface area contributed by atoms with Crippen LogP contribution in [0.3, 0.4) is 0 Å². The van der Waals surface area contributed by atoms with Crippen molar-refractivity contribution in [3.63, 3.8) is 0 Å². The average Bonchev–Trinajstić information content (AvgIpc) is 3.37. The van der Waals surface area contributed by atoms with Gasteiger partial charge in [0.25, 0.3) is 5.91 Å². The molecule has 3 aliphatic rings. The number of amides is 2. The van der Waals surface area contributed by atoms with Gasteiger partial charge in [-0.3, -0.25) is 19.3 Å². The van der Waals surface area contributed by atoms with Gasteiger partial charge < -0.3 is 19.7 Å². The highest BCUT2D eigenvalue weighted by molar-refractivity contribution is 6.21. The van der Waals surface area contributed by atoms with Gasteiger partial charge in [0, 0.05) is 37.1 Å². The van der Waals surface area contributed by atoms with Crippen molar-refractivity contribution in [2.24, 2.45) is 5.41 Å². The van der Waals surface area contributed by atoms with Crippen LogP contribution in [-0.2, 0) is 34.8 Å². The first-order chi connectivity index (χ1) is 16.4. The van der Waals surface area contributed by atoms with E-state index in [0.717, 1.165) is 0 Å². The van der Waals surface area contributed by atoms with E-state index in [1.807, 2.05) is 53.4 Å². The zero-order valence-corrected chi connectivity index (χ0v) is 19.5. The topological polar surface area (TPSA) is 88.2 Å². The Morgan fingerprint density at radius 1 is 1.12 bits per heavy atom. The number of para-hydroxylation sites is 2. The normalized spacial score (nSPS) is 29.4. The molecule has 1 fully saturated rings. The van der Waals surface area contributed by atoms with Gasteiger partial charge in [-0.05, 0) is 24.7 Å². The molecule has 3 aliphatic heterocycles. The summed E-state index contributed by atoms with van der Waals surface area (Å²) in [6, 6.07) is 14.7. The fourth-order valence-corrected chi connectivity index (χ4v) is 6.72. The van der Waals surface area contributed by atoms with E-state index in [1.54, 1.807) is 18.0 Å². The monoisotopic (exact) mass is 461 g/mol. The Balaban J connectivity index is 1.99. The number of anilines is 2. The lowest BCUT2D eigenvalue weighted by Crippen LogP contribution is -2.67. The molecule has 3 atom stereocenters. The summed E-state index contributed by atoms with van der Waals surface area (Å²) in [4.78, 5) is 46.0.